The van der Waals surface area contributed by atoms with Crippen molar-refractivity contribution in [3.63, 3.8) is 0 Å². The van der Waals surface area contributed by atoms with Crippen LogP contribution in [0.5, 0.6) is 11.5 Å². The fourth-order valence-corrected chi connectivity index (χ4v) is 2.41. The van der Waals surface area contributed by atoms with Gasteiger partial charge in [0.05, 0.1) is 19.8 Å². The maximum atomic E-state index is 12.5. The molecule has 1 aromatic rings. The van der Waals surface area contributed by atoms with Crippen LogP contribution in [0.1, 0.15) is 23.7 Å². The molecular weight excluding hydrogens is 258 g/mol. The van der Waals surface area contributed by atoms with E-state index in [0.717, 1.165) is 5.57 Å². The van der Waals surface area contributed by atoms with Gasteiger partial charge in [-0.25, -0.2) is 0 Å². The summed E-state index contributed by atoms with van der Waals surface area (Å²) in [6.45, 7) is 2.41. The number of phenols is 1. The van der Waals surface area contributed by atoms with Crippen molar-refractivity contribution in [1.82, 2.24) is 4.90 Å². The molecule has 0 bridgehead atoms. The molecular formula is C15H19NO4. The topological polar surface area (TPSA) is 70.0 Å². The molecule has 1 heterocycles. The molecule has 0 aromatic heterocycles. The zero-order valence-corrected chi connectivity index (χ0v) is 11.7. The van der Waals surface area contributed by atoms with Crippen LogP contribution in [0.25, 0.3) is 0 Å². The smallest absolute Gasteiger partial charge is 0.254 e. The number of likely N-dealkylation sites (tertiary alicyclic amines) is 1. The van der Waals surface area contributed by atoms with Gasteiger partial charge in [-0.05, 0) is 31.5 Å². The first kappa shape index (κ1) is 14.4. The number of phenolic OH excluding ortho intramolecular Hbond substituents is 1. The van der Waals surface area contributed by atoms with Crippen LogP contribution in [-0.2, 0) is 0 Å². The average Bonchev–Trinajstić information content (AvgIpc) is 2.90. The second-order valence-electron chi connectivity index (χ2n) is 4.81. The maximum absolute atomic E-state index is 12.5. The number of carbonyl (C=O) groups is 1. The molecule has 1 atom stereocenters. The molecule has 1 aliphatic heterocycles. The van der Waals surface area contributed by atoms with Crippen molar-refractivity contribution >= 4 is 5.91 Å². The molecule has 0 aliphatic carbocycles. The Bertz CT molecular complexity index is 539. The van der Waals surface area contributed by atoms with Crippen LogP contribution in [0, 0.1) is 0 Å². The molecule has 0 unspecified atom stereocenters. The van der Waals surface area contributed by atoms with Gasteiger partial charge in [-0.3, -0.25) is 4.79 Å². The Morgan fingerprint density at radius 1 is 1.55 bits per heavy atom. The Kier molecular flexibility index (Phi) is 4.29. The molecule has 0 saturated carbocycles. The van der Waals surface area contributed by atoms with Gasteiger partial charge < -0.3 is 19.8 Å². The van der Waals surface area contributed by atoms with Crippen LogP contribution in [0.3, 0.4) is 0 Å². The molecule has 1 saturated heterocycles. The largest absolute Gasteiger partial charge is 0.504 e. The molecule has 20 heavy (non-hydrogen) atoms. The van der Waals surface area contributed by atoms with Gasteiger partial charge in [0, 0.05) is 12.1 Å². The minimum atomic E-state index is -0.187. The fraction of sp³-hybridized carbons (Fsp3) is 0.400. The number of hydrogen-bond donors (Lipinski definition) is 2. The first-order chi connectivity index (χ1) is 9.60. The Labute approximate surface area is 118 Å². The molecule has 1 fully saturated rings. The number of nitrogens with zero attached hydrogens (tertiary/aromatic N) is 1. The van der Waals surface area contributed by atoms with Gasteiger partial charge in [0.25, 0.3) is 5.91 Å². The number of carbonyl (C=O) groups excluding carboxylic acids is 1. The van der Waals surface area contributed by atoms with Gasteiger partial charge in [0.15, 0.2) is 11.5 Å². The molecule has 1 aliphatic rings. The molecule has 0 radical (unpaired) electrons. The standard InChI is InChI=1S/C15H19NO4/c1-3-10-6-12(9-17)16(8-10)15(19)11-4-5-13(18)14(7-11)20-2/h3-5,7,12,17-18H,6,8-9H2,1-2H3/b10-3+/t12-/m0/s1. The molecule has 2 rings (SSSR count). The first-order valence-electron chi connectivity index (χ1n) is 6.53. The Balaban J connectivity index is 2.26. The average molecular weight is 277 g/mol. The third kappa shape index (κ3) is 2.63. The summed E-state index contributed by atoms with van der Waals surface area (Å²) < 4.78 is 5.01. The van der Waals surface area contributed by atoms with E-state index in [4.69, 9.17) is 4.74 Å². The monoisotopic (exact) mass is 277 g/mol. The van der Waals surface area contributed by atoms with Crippen molar-refractivity contribution in [2.45, 2.75) is 19.4 Å². The minimum Gasteiger partial charge on any atom is -0.504 e. The summed E-state index contributed by atoms with van der Waals surface area (Å²) in [5, 5.41) is 19.0. The number of allylic oxidation sites excluding steroid dienone is 1. The molecule has 5 nitrogen and oxygen atoms in total. The number of benzene rings is 1. The number of amides is 1. The molecule has 1 amide bonds. The van der Waals surface area contributed by atoms with Crippen molar-refractivity contribution in [2.24, 2.45) is 0 Å². The summed E-state index contributed by atoms with van der Waals surface area (Å²) in [4.78, 5) is 14.2. The van der Waals surface area contributed by atoms with Gasteiger partial charge >= 0.3 is 0 Å². The van der Waals surface area contributed by atoms with E-state index in [1.807, 2.05) is 13.0 Å². The van der Waals surface area contributed by atoms with E-state index < -0.39 is 0 Å². The van der Waals surface area contributed by atoms with E-state index in [2.05, 4.69) is 0 Å². The van der Waals surface area contributed by atoms with E-state index in [1.54, 1.807) is 11.0 Å². The number of aliphatic hydroxyl groups is 1. The third-order valence-corrected chi connectivity index (χ3v) is 3.62. The van der Waals surface area contributed by atoms with Gasteiger partial charge in [0.2, 0.25) is 0 Å². The minimum absolute atomic E-state index is 0.00155. The van der Waals surface area contributed by atoms with Gasteiger partial charge in [0.1, 0.15) is 0 Å². The van der Waals surface area contributed by atoms with Gasteiger partial charge in [-0.2, -0.15) is 0 Å². The second-order valence-corrected chi connectivity index (χ2v) is 4.81. The quantitative estimate of drug-likeness (QED) is 0.822. The van der Waals surface area contributed by atoms with E-state index in [9.17, 15) is 15.0 Å². The zero-order chi connectivity index (χ0) is 14.7. The van der Waals surface area contributed by atoms with Gasteiger partial charge in [-0.15, -0.1) is 0 Å². The zero-order valence-electron chi connectivity index (χ0n) is 11.7. The molecule has 0 spiro atoms. The first-order valence-corrected chi connectivity index (χ1v) is 6.53. The predicted molar refractivity (Wildman–Crippen MR) is 74.9 cm³/mol. The lowest BCUT2D eigenvalue weighted by molar-refractivity contribution is 0.0679. The SMILES string of the molecule is C/C=C1\C[C@@H](CO)N(C(=O)c2ccc(O)c(OC)c2)C1. The van der Waals surface area contributed by atoms with Crippen LogP contribution in [0.15, 0.2) is 29.8 Å². The summed E-state index contributed by atoms with van der Waals surface area (Å²) in [6.07, 6.45) is 2.68. The highest BCUT2D eigenvalue weighted by Gasteiger charge is 2.31. The van der Waals surface area contributed by atoms with Crippen LogP contribution in [-0.4, -0.2) is 47.3 Å². The normalized spacial score (nSPS) is 20.4. The summed E-state index contributed by atoms with van der Waals surface area (Å²) >= 11 is 0. The Morgan fingerprint density at radius 2 is 2.30 bits per heavy atom. The van der Waals surface area contributed by atoms with Crippen LogP contribution in [0.2, 0.25) is 0 Å². The summed E-state index contributed by atoms with van der Waals surface area (Å²) in [6, 6.07) is 4.32. The Hall–Kier alpha value is -2.01. The highest BCUT2D eigenvalue weighted by atomic mass is 16.5. The van der Waals surface area contributed by atoms with Crippen molar-refractivity contribution < 1.29 is 19.7 Å². The van der Waals surface area contributed by atoms with Crippen molar-refractivity contribution in [2.75, 3.05) is 20.3 Å². The number of aliphatic hydroxyl groups excluding tert-OH is 1. The molecule has 5 heteroatoms. The van der Waals surface area contributed by atoms with E-state index in [-0.39, 0.29) is 30.1 Å². The lowest BCUT2D eigenvalue weighted by atomic mass is 10.1. The number of ether oxygens (including phenoxy) is 1. The summed E-state index contributed by atoms with van der Waals surface area (Å²) in [5.74, 6) is 0.0966. The maximum Gasteiger partial charge on any atom is 0.254 e. The number of methoxy groups -OCH3 is 1. The van der Waals surface area contributed by atoms with E-state index >= 15 is 0 Å². The van der Waals surface area contributed by atoms with Crippen molar-refractivity contribution in [3.8, 4) is 11.5 Å². The van der Waals surface area contributed by atoms with Crippen molar-refractivity contribution in [1.29, 1.82) is 0 Å². The fourth-order valence-electron chi connectivity index (χ4n) is 2.41. The van der Waals surface area contributed by atoms with E-state index in [0.29, 0.717) is 18.5 Å². The molecule has 2 N–H and O–H groups in total. The number of rotatable bonds is 3. The van der Waals surface area contributed by atoms with Crippen molar-refractivity contribution in [3.05, 3.63) is 35.4 Å². The van der Waals surface area contributed by atoms with Crippen LogP contribution >= 0.6 is 0 Å². The molecule has 1 aromatic carbocycles. The van der Waals surface area contributed by atoms with Crippen LogP contribution < -0.4 is 4.74 Å². The Morgan fingerprint density at radius 3 is 2.90 bits per heavy atom. The summed E-state index contributed by atoms with van der Waals surface area (Å²) in [7, 11) is 1.44. The predicted octanol–water partition coefficient (Wildman–Crippen LogP) is 1.55. The highest BCUT2D eigenvalue weighted by Crippen LogP contribution is 2.29. The lowest BCUT2D eigenvalue weighted by Gasteiger charge is -2.22. The number of aromatic hydroxyl groups is 1. The van der Waals surface area contributed by atoms with E-state index in [1.165, 1.54) is 19.2 Å². The molecule has 108 valence electrons. The second kappa shape index (κ2) is 5.96. The van der Waals surface area contributed by atoms with Crippen LogP contribution in [0.4, 0.5) is 0 Å². The number of hydrogen-bond acceptors (Lipinski definition) is 4. The summed E-state index contributed by atoms with van der Waals surface area (Å²) in [5.41, 5.74) is 1.58. The highest BCUT2D eigenvalue weighted by molar-refractivity contribution is 5.95. The third-order valence-electron chi connectivity index (χ3n) is 3.62. The van der Waals surface area contributed by atoms with Gasteiger partial charge in [-0.1, -0.05) is 11.6 Å². The lowest BCUT2D eigenvalue weighted by Crippen LogP contribution is -2.37.